The van der Waals surface area contributed by atoms with Crippen molar-refractivity contribution >= 4 is 28.3 Å². The fraction of sp³-hybridized carbons (Fsp3) is 0.150. The summed E-state index contributed by atoms with van der Waals surface area (Å²) < 4.78 is 2.02. The van der Waals surface area contributed by atoms with Crippen molar-refractivity contribution in [2.75, 3.05) is 0 Å². The molecule has 0 bridgehead atoms. The van der Waals surface area contributed by atoms with Gasteiger partial charge in [0.05, 0.1) is 5.52 Å². The van der Waals surface area contributed by atoms with Crippen molar-refractivity contribution < 1.29 is 9.90 Å². The van der Waals surface area contributed by atoms with Crippen molar-refractivity contribution in [3.63, 3.8) is 0 Å². The third-order valence-electron chi connectivity index (χ3n) is 4.24. The lowest BCUT2D eigenvalue weighted by Gasteiger charge is -2.09. The minimum absolute atomic E-state index is 0.0267. The van der Waals surface area contributed by atoms with Gasteiger partial charge in [0.15, 0.2) is 5.78 Å². The van der Waals surface area contributed by atoms with E-state index in [1.807, 2.05) is 41.8 Å². The highest BCUT2D eigenvalue weighted by Gasteiger charge is 2.22. The van der Waals surface area contributed by atoms with Crippen LogP contribution < -0.4 is 0 Å². The number of ketones is 1. The Labute approximate surface area is 145 Å². The van der Waals surface area contributed by atoms with Crippen molar-refractivity contribution in [1.82, 2.24) is 4.57 Å². The number of carbonyl (C=O) groups excluding carboxylic acids is 1. The molecule has 0 aliphatic heterocycles. The number of aromatic hydroxyl groups is 1. The van der Waals surface area contributed by atoms with E-state index in [1.165, 1.54) is 0 Å². The van der Waals surface area contributed by atoms with E-state index < -0.39 is 0 Å². The molecule has 2 aromatic carbocycles. The summed E-state index contributed by atoms with van der Waals surface area (Å²) in [6.07, 6.45) is 2.22. The molecule has 0 unspecified atom stereocenters. The van der Waals surface area contributed by atoms with E-state index in [1.54, 1.807) is 19.1 Å². The zero-order valence-corrected chi connectivity index (χ0v) is 14.4. The van der Waals surface area contributed by atoms with E-state index in [-0.39, 0.29) is 11.5 Å². The second-order valence-corrected chi connectivity index (χ2v) is 6.22. The summed E-state index contributed by atoms with van der Waals surface area (Å²) in [7, 11) is 0. The summed E-state index contributed by atoms with van der Waals surface area (Å²) in [4.78, 5) is 12.3. The zero-order chi connectivity index (χ0) is 17.4. The summed E-state index contributed by atoms with van der Waals surface area (Å²) in [5, 5.41) is 11.7. The fourth-order valence-corrected chi connectivity index (χ4v) is 3.39. The number of phenolic OH excluding ortho intramolecular Hbond substituents is 1. The van der Waals surface area contributed by atoms with Crippen LogP contribution in [0.5, 0.6) is 5.75 Å². The van der Waals surface area contributed by atoms with Crippen LogP contribution in [0.25, 0.3) is 16.6 Å². The lowest BCUT2D eigenvalue weighted by molar-refractivity contribution is 0.101. The Kier molecular flexibility index (Phi) is 4.20. The van der Waals surface area contributed by atoms with Crippen LogP contribution >= 0.6 is 11.6 Å². The molecule has 0 fully saturated rings. The summed E-state index contributed by atoms with van der Waals surface area (Å²) in [6.45, 7) is 7.23. The van der Waals surface area contributed by atoms with Crippen LogP contribution in [0.15, 0.2) is 49.1 Å². The van der Waals surface area contributed by atoms with E-state index in [9.17, 15) is 9.90 Å². The highest BCUT2D eigenvalue weighted by molar-refractivity contribution is 6.30. The number of hydrogen-bond acceptors (Lipinski definition) is 2. The quantitative estimate of drug-likeness (QED) is 0.522. The number of halogens is 1. The van der Waals surface area contributed by atoms with Crippen molar-refractivity contribution in [2.24, 2.45) is 0 Å². The molecule has 0 saturated carbocycles. The molecular formula is C20H18ClNO2. The first-order chi connectivity index (χ1) is 11.5. The lowest BCUT2D eigenvalue weighted by atomic mass is 9.99. The van der Waals surface area contributed by atoms with Crippen LogP contribution in [0.1, 0.15) is 28.5 Å². The van der Waals surface area contributed by atoms with Crippen LogP contribution in [0.4, 0.5) is 0 Å². The molecule has 0 aliphatic rings. The Hall–Kier alpha value is -2.52. The Morgan fingerprint density at radius 1 is 1.25 bits per heavy atom. The van der Waals surface area contributed by atoms with E-state index in [4.69, 9.17) is 11.6 Å². The van der Waals surface area contributed by atoms with E-state index in [0.717, 1.165) is 27.8 Å². The largest absolute Gasteiger partial charge is 0.508 e. The van der Waals surface area contributed by atoms with Gasteiger partial charge in [-0.25, -0.2) is 0 Å². The van der Waals surface area contributed by atoms with Gasteiger partial charge in [0, 0.05) is 32.9 Å². The van der Waals surface area contributed by atoms with Crippen molar-refractivity contribution in [3.8, 4) is 11.4 Å². The van der Waals surface area contributed by atoms with Crippen LogP contribution in [-0.2, 0) is 6.42 Å². The number of allylic oxidation sites excluding steroid dienone is 1. The minimum atomic E-state index is -0.0267. The Morgan fingerprint density at radius 3 is 2.50 bits per heavy atom. The van der Waals surface area contributed by atoms with Crippen LogP contribution in [-0.4, -0.2) is 15.5 Å². The van der Waals surface area contributed by atoms with Gasteiger partial charge in [-0.3, -0.25) is 4.79 Å². The first-order valence-electron chi connectivity index (χ1n) is 7.69. The maximum Gasteiger partial charge on any atom is 0.162 e. The molecule has 3 nitrogen and oxygen atoms in total. The molecule has 0 atom stereocenters. The molecule has 24 heavy (non-hydrogen) atoms. The van der Waals surface area contributed by atoms with Gasteiger partial charge >= 0.3 is 0 Å². The molecule has 122 valence electrons. The molecule has 0 saturated heterocycles. The van der Waals surface area contributed by atoms with Crippen molar-refractivity contribution in [1.29, 1.82) is 0 Å². The summed E-state index contributed by atoms with van der Waals surface area (Å²) >= 11 is 5.99. The average Bonchev–Trinajstić information content (AvgIpc) is 2.84. The van der Waals surface area contributed by atoms with Crippen LogP contribution in [0, 0.1) is 6.92 Å². The number of fused-ring (bicyclic) bond motifs is 1. The molecule has 0 spiro atoms. The number of nitrogens with zero attached hydrogens (tertiary/aromatic N) is 1. The maximum atomic E-state index is 12.3. The van der Waals surface area contributed by atoms with Gasteiger partial charge in [-0.2, -0.15) is 0 Å². The smallest absolute Gasteiger partial charge is 0.162 e. The second kappa shape index (κ2) is 6.17. The van der Waals surface area contributed by atoms with E-state index in [0.29, 0.717) is 17.0 Å². The molecule has 0 amide bonds. The number of hydrogen-bond donors (Lipinski definition) is 1. The van der Waals surface area contributed by atoms with Gasteiger partial charge in [-0.15, -0.1) is 6.58 Å². The topological polar surface area (TPSA) is 42.2 Å². The molecule has 4 heteroatoms. The number of carbonyl (C=O) groups is 1. The van der Waals surface area contributed by atoms with Gasteiger partial charge in [-0.05, 0) is 56.7 Å². The molecule has 1 N–H and O–H groups in total. The molecule has 1 heterocycles. The molecule has 0 aliphatic carbocycles. The zero-order valence-electron chi connectivity index (χ0n) is 13.6. The average molecular weight is 340 g/mol. The van der Waals surface area contributed by atoms with Gasteiger partial charge < -0.3 is 9.67 Å². The lowest BCUT2D eigenvalue weighted by Crippen LogP contribution is -1.99. The van der Waals surface area contributed by atoms with Crippen LogP contribution in [0.3, 0.4) is 0 Å². The highest BCUT2D eigenvalue weighted by atomic mass is 35.5. The number of benzene rings is 2. The number of aromatic nitrogens is 1. The Bertz CT molecular complexity index is 952. The maximum absolute atomic E-state index is 12.3. The Morgan fingerprint density at radius 2 is 1.92 bits per heavy atom. The molecule has 0 radical (unpaired) electrons. The second-order valence-electron chi connectivity index (χ2n) is 5.78. The highest BCUT2D eigenvalue weighted by Crippen LogP contribution is 2.36. The summed E-state index contributed by atoms with van der Waals surface area (Å²) in [5.41, 5.74) is 4.01. The van der Waals surface area contributed by atoms with E-state index >= 15 is 0 Å². The fourth-order valence-electron chi connectivity index (χ4n) is 3.27. The predicted octanol–water partition coefficient (Wildman–Crippen LogP) is 5.23. The molecular weight excluding hydrogens is 322 g/mol. The van der Waals surface area contributed by atoms with Crippen LogP contribution in [0.2, 0.25) is 5.02 Å². The van der Waals surface area contributed by atoms with Crippen molar-refractivity contribution in [2.45, 2.75) is 20.3 Å². The number of rotatable bonds is 4. The monoisotopic (exact) mass is 339 g/mol. The minimum Gasteiger partial charge on any atom is -0.508 e. The van der Waals surface area contributed by atoms with Gasteiger partial charge in [0.1, 0.15) is 5.75 Å². The standard InChI is InChI=1S/C20H18ClNO2/c1-4-5-16-18(24)11-10-17-20(16)19(13(3)23)12(2)22(17)15-8-6-14(21)7-9-15/h4,6-11,24H,1,5H2,2-3H3. The van der Waals surface area contributed by atoms with Crippen molar-refractivity contribution in [3.05, 3.63) is 70.9 Å². The molecule has 3 aromatic rings. The number of Topliss-reactive ketones (excluding diaryl/α,β-unsaturated/α-hetero) is 1. The third-order valence-corrected chi connectivity index (χ3v) is 4.49. The first kappa shape index (κ1) is 16.3. The summed E-state index contributed by atoms with van der Waals surface area (Å²) in [5.74, 6) is 0.152. The molecule has 1 aromatic heterocycles. The molecule has 3 rings (SSSR count). The first-order valence-corrected chi connectivity index (χ1v) is 8.07. The van der Waals surface area contributed by atoms with Gasteiger partial charge in [-0.1, -0.05) is 17.7 Å². The normalized spacial score (nSPS) is 11.0. The van der Waals surface area contributed by atoms with Gasteiger partial charge in [0.2, 0.25) is 0 Å². The SMILES string of the molecule is C=CCc1c(O)ccc2c1c(C(C)=O)c(C)n2-c1ccc(Cl)cc1. The van der Waals surface area contributed by atoms with Gasteiger partial charge in [0.25, 0.3) is 0 Å². The number of phenols is 1. The third kappa shape index (κ3) is 2.51. The predicted molar refractivity (Wildman–Crippen MR) is 98.6 cm³/mol. The summed E-state index contributed by atoms with van der Waals surface area (Å²) in [6, 6.07) is 11.0. The Balaban J connectivity index is 2.45. The van der Waals surface area contributed by atoms with E-state index in [2.05, 4.69) is 6.58 Å².